The molecule has 1 saturated heterocycles. The maximum Gasteiger partial charge on any atom is 0.328 e. The Hall–Kier alpha value is -3.17. The van der Waals surface area contributed by atoms with Gasteiger partial charge in [0.25, 0.3) is 0 Å². The minimum absolute atomic E-state index is 0.439. The lowest BCUT2D eigenvalue weighted by atomic mass is 10.0. The number of nitrogens with zero attached hydrogens (tertiary/aromatic N) is 1. The first-order chi connectivity index (χ1) is 13.0. The number of nitrogens with one attached hydrogen (secondary N) is 2. The van der Waals surface area contributed by atoms with Crippen molar-refractivity contribution in [3.63, 3.8) is 0 Å². The fourth-order valence-corrected chi connectivity index (χ4v) is 3.10. The Bertz CT molecular complexity index is 898. The summed E-state index contributed by atoms with van der Waals surface area (Å²) < 4.78 is 5.30. The molecule has 1 unspecified atom stereocenters. The zero-order valence-electron chi connectivity index (χ0n) is 14.3. The Kier molecular flexibility index (Phi) is 5.53. The van der Waals surface area contributed by atoms with E-state index < -0.39 is 23.9 Å². The highest BCUT2D eigenvalue weighted by Crippen LogP contribution is 2.31. The summed E-state index contributed by atoms with van der Waals surface area (Å²) in [4.78, 5) is 39.1. The number of hydrogen-bond acceptors (Lipinski definition) is 5. The Balaban J connectivity index is 1.90. The fourth-order valence-electron chi connectivity index (χ4n) is 3.10. The minimum Gasteiger partial charge on any atom is -0.480 e. The molecule has 2 aromatic rings. The molecule has 3 rings (SSSR count). The second kappa shape index (κ2) is 8.02. The third kappa shape index (κ3) is 4.33. The Morgan fingerprint density at radius 1 is 1.19 bits per heavy atom. The van der Waals surface area contributed by atoms with E-state index in [4.69, 9.17) is 9.84 Å². The van der Waals surface area contributed by atoms with Gasteiger partial charge >= 0.3 is 11.9 Å². The molecule has 0 bridgehead atoms. The monoisotopic (exact) mass is 373 g/mol. The molecule has 9 nitrogen and oxygen atoms in total. The van der Waals surface area contributed by atoms with Crippen LogP contribution in [0.25, 0.3) is 10.9 Å². The fraction of sp³-hybridized carbons (Fsp3) is 0.278. The van der Waals surface area contributed by atoms with Crippen LogP contribution in [0.3, 0.4) is 0 Å². The molecule has 0 aliphatic carbocycles. The number of fused-ring (bicyclic) bond motifs is 1. The van der Waals surface area contributed by atoms with Gasteiger partial charge in [-0.2, -0.15) is 0 Å². The molecule has 1 aliphatic rings. The molecule has 1 atom stereocenters. The lowest BCUT2D eigenvalue weighted by molar-refractivity contribution is -0.145. The average Bonchev–Trinajstić information content (AvgIpc) is 3.04. The van der Waals surface area contributed by atoms with Crippen LogP contribution in [0.2, 0.25) is 0 Å². The summed E-state index contributed by atoms with van der Waals surface area (Å²) in [7, 11) is 0. The van der Waals surface area contributed by atoms with E-state index in [0.717, 1.165) is 17.7 Å². The summed E-state index contributed by atoms with van der Waals surface area (Å²) in [6, 6.07) is 4.22. The number of carbonyl (C=O) groups excluding carboxylic acids is 1. The quantitative estimate of drug-likeness (QED) is 0.560. The van der Waals surface area contributed by atoms with Crippen molar-refractivity contribution in [2.24, 2.45) is 0 Å². The highest BCUT2D eigenvalue weighted by molar-refractivity contribution is 6.03. The number of rotatable bonds is 6. The van der Waals surface area contributed by atoms with E-state index in [0.29, 0.717) is 42.9 Å². The third-order valence-corrected chi connectivity index (χ3v) is 4.30. The molecule has 9 heteroatoms. The number of amides is 1. The van der Waals surface area contributed by atoms with E-state index in [9.17, 15) is 19.5 Å². The molecule has 4 N–H and O–H groups in total. The SMILES string of the molecule is O=C(O)C=CC(=O)Nc1ccc2[nH]cc(C(C(=O)O)N3CCOCC3)c2c1. The van der Waals surface area contributed by atoms with Crippen molar-refractivity contribution in [1.82, 2.24) is 9.88 Å². The van der Waals surface area contributed by atoms with Crippen molar-refractivity contribution in [1.29, 1.82) is 0 Å². The molecule has 1 aromatic carbocycles. The normalized spacial score (nSPS) is 16.4. The van der Waals surface area contributed by atoms with Crippen molar-refractivity contribution < 1.29 is 29.3 Å². The molecule has 0 spiro atoms. The number of aliphatic carboxylic acids is 2. The maximum atomic E-state index is 11.9. The largest absolute Gasteiger partial charge is 0.480 e. The van der Waals surface area contributed by atoms with Crippen LogP contribution in [0.15, 0.2) is 36.5 Å². The smallest absolute Gasteiger partial charge is 0.328 e. The van der Waals surface area contributed by atoms with Gasteiger partial charge in [-0.3, -0.25) is 14.5 Å². The second-order valence-corrected chi connectivity index (χ2v) is 6.05. The van der Waals surface area contributed by atoms with E-state index in [1.54, 1.807) is 24.4 Å². The molecule has 0 saturated carbocycles. The highest BCUT2D eigenvalue weighted by atomic mass is 16.5. The first-order valence-electron chi connectivity index (χ1n) is 8.33. The molecule has 1 aromatic heterocycles. The number of aromatic amines is 1. The molecule has 2 heterocycles. The Labute approximate surface area is 154 Å². The summed E-state index contributed by atoms with van der Waals surface area (Å²) >= 11 is 0. The van der Waals surface area contributed by atoms with Crippen LogP contribution in [0.5, 0.6) is 0 Å². The van der Waals surface area contributed by atoms with Gasteiger partial charge in [-0.25, -0.2) is 4.79 Å². The number of H-pyrrole nitrogens is 1. The number of hydrogen-bond donors (Lipinski definition) is 4. The number of anilines is 1. The van der Waals surface area contributed by atoms with Crippen molar-refractivity contribution in [2.75, 3.05) is 31.6 Å². The molecule has 1 amide bonds. The van der Waals surface area contributed by atoms with Gasteiger partial charge in [0.2, 0.25) is 5.91 Å². The lowest BCUT2D eigenvalue weighted by Gasteiger charge is -2.31. The highest BCUT2D eigenvalue weighted by Gasteiger charge is 2.30. The number of morpholine rings is 1. The second-order valence-electron chi connectivity index (χ2n) is 6.05. The Morgan fingerprint density at radius 3 is 2.59 bits per heavy atom. The van der Waals surface area contributed by atoms with Crippen molar-refractivity contribution in [2.45, 2.75) is 6.04 Å². The van der Waals surface area contributed by atoms with Gasteiger partial charge in [-0.15, -0.1) is 0 Å². The zero-order chi connectivity index (χ0) is 19.4. The summed E-state index contributed by atoms with van der Waals surface area (Å²) in [5, 5.41) is 21.6. The van der Waals surface area contributed by atoms with E-state index in [1.807, 2.05) is 4.90 Å². The van der Waals surface area contributed by atoms with Gasteiger partial charge in [0.1, 0.15) is 6.04 Å². The average molecular weight is 373 g/mol. The zero-order valence-corrected chi connectivity index (χ0v) is 14.3. The predicted octanol–water partition coefficient (Wildman–Crippen LogP) is 1.21. The number of aromatic nitrogens is 1. The molecule has 1 aliphatic heterocycles. The summed E-state index contributed by atoms with van der Waals surface area (Å²) in [5.74, 6) is -2.77. The summed E-state index contributed by atoms with van der Waals surface area (Å²) in [6.07, 6.45) is 3.32. The van der Waals surface area contributed by atoms with Gasteiger partial charge in [0.05, 0.1) is 13.2 Å². The van der Waals surface area contributed by atoms with Crippen LogP contribution in [-0.2, 0) is 19.1 Å². The first kappa shape index (κ1) is 18.6. The molecule has 1 fully saturated rings. The molecule has 142 valence electrons. The van der Waals surface area contributed by atoms with Crippen LogP contribution in [0.4, 0.5) is 5.69 Å². The van der Waals surface area contributed by atoms with E-state index >= 15 is 0 Å². The van der Waals surface area contributed by atoms with Crippen LogP contribution < -0.4 is 5.32 Å². The summed E-state index contributed by atoms with van der Waals surface area (Å²) in [6.45, 7) is 1.98. The topological polar surface area (TPSA) is 132 Å². The standard InChI is InChI=1S/C18H19N3O6/c22-15(3-4-16(23)24)20-11-1-2-14-12(9-11)13(10-19-14)17(18(25)26)21-5-7-27-8-6-21/h1-4,9-10,17,19H,5-8H2,(H,20,22)(H,23,24)(H,25,26). The predicted molar refractivity (Wildman–Crippen MR) is 96.5 cm³/mol. The lowest BCUT2D eigenvalue weighted by Crippen LogP contribution is -2.42. The maximum absolute atomic E-state index is 11.9. The van der Waals surface area contributed by atoms with Crippen molar-refractivity contribution >= 4 is 34.4 Å². The number of carboxylic acids is 2. The van der Waals surface area contributed by atoms with Gasteiger partial charge in [0, 0.05) is 53.6 Å². The van der Waals surface area contributed by atoms with Crippen LogP contribution in [0, 0.1) is 0 Å². The number of benzene rings is 1. The minimum atomic E-state index is -1.22. The van der Waals surface area contributed by atoms with Gasteiger partial charge in [-0.05, 0) is 18.2 Å². The van der Waals surface area contributed by atoms with Crippen LogP contribution in [0.1, 0.15) is 11.6 Å². The first-order valence-corrected chi connectivity index (χ1v) is 8.33. The van der Waals surface area contributed by atoms with Crippen molar-refractivity contribution in [3.05, 3.63) is 42.1 Å². The number of ether oxygens (including phenoxy) is 1. The Morgan fingerprint density at radius 2 is 1.93 bits per heavy atom. The van der Waals surface area contributed by atoms with E-state index in [2.05, 4.69) is 10.3 Å². The number of carbonyl (C=O) groups is 3. The van der Waals surface area contributed by atoms with Crippen LogP contribution in [-0.4, -0.2) is 64.2 Å². The molecular formula is C18H19N3O6. The van der Waals surface area contributed by atoms with Gasteiger partial charge < -0.3 is 25.3 Å². The summed E-state index contributed by atoms with van der Waals surface area (Å²) in [5.41, 5.74) is 1.77. The molecule has 0 radical (unpaired) electrons. The van der Waals surface area contributed by atoms with Gasteiger partial charge in [-0.1, -0.05) is 0 Å². The third-order valence-electron chi connectivity index (χ3n) is 4.30. The molecular weight excluding hydrogens is 354 g/mol. The van der Waals surface area contributed by atoms with Crippen LogP contribution >= 0.6 is 0 Å². The van der Waals surface area contributed by atoms with Crippen molar-refractivity contribution in [3.8, 4) is 0 Å². The number of carboxylic acid groups (broad SMARTS) is 2. The molecule has 27 heavy (non-hydrogen) atoms. The van der Waals surface area contributed by atoms with E-state index in [-0.39, 0.29) is 0 Å². The van der Waals surface area contributed by atoms with E-state index in [1.165, 1.54) is 0 Å². The van der Waals surface area contributed by atoms with Gasteiger partial charge in [0.15, 0.2) is 0 Å².